The van der Waals surface area contributed by atoms with Gasteiger partial charge in [0.1, 0.15) is 11.8 Å². The van der Waals surface area contributed by atoms with Gasteiger partial charge >= 0.3 is 0 Å². The first-order valence-corrected chi connectivity index (χ1v) is 11.6. The second-order valence-electron chi connectivity index (χ2n) is 7.73. The van der Waals surface area contributed by atoms with Crippen molar-refractivity contribution in [1.29, 1.82) is 0 Å². The Balaban J connectivity index is 1.59. The van der Waals surface area contributed by atoms with E-state index < -0.39 is 16.1 Å². The standard InChI is InChI=1S/C22H25N3O5S/c1-15(26)25-20-10-9-19(31(28,29)24-11-3-4-12-24)13-16(20)14-21(25)22(27)23-17-5-7-18(30-2)8-6-17/h5-10,13,21H,3-4,11-12,14H2,1-2H3,(H,23,27)/t21-/m0/s1. The highest BCUT2D eigenvalue weighted by atomic mass is 32.2. The minimum Gasteiger partial charge on any atom is -0.497 e. The van der Waals surface area contributed by atoms with Gasteiger partial charge in [-0.25, -0.2) is 8.42 Å². The predicted molar refractivity (Wildman–Crippen MR) is 117 cm³/mol. The fourth-order valence-corrected chi connectivity index (χ4v) is 5.73. The average molecular weight is 444 g/mol. The van der Waals surface area contributed by atoms with E-state index in [1.54, 1.807) is 43.5 Å². The summed E-state index contributed by atoms with van der Waals surface area (Å²) in [4.78, 5) is 27.0. The molecule has 8 nitrogen and oxygen atoms in total. The zero-order valence-corrected chi connectivity index (χ0v) is 18.3. The summed E-state index contributed by atoms with van der Waals surface area (Å²) in [5, 5.41) is 2.83. The number of carbonyl (C=O) groups excluding carboxylic acids is 2. The highest BCUT2D eigenvalue weighted by Gasteiger charge is 2.38. The number of amides is 2. The van der Waals surface area contributed by atoms with E-state index in [-0.39, 0.29) is 23.1 Å². The van der Waals surface area contributed by atoms with Gasteiger partial charge in [0.25, 0.3) is 0 Å². The molecule has 1 saturated heterocycles. The third kappa shape index (κ3) is 4.03. The first-order valence-electron chi connectivity index (χ1n) is 10.2. The molecule has 2 aromatic carbocycles. The van der Waals surface area contributed by atoms with Crippen LogP contribution in [0.4, 0.5) is 11.4 Å². The average Bonchev–Trinajstić information content (AvgIpc) is 3.42. The molecule has 0 unspecified atom stereocenters. The highest BCUT2D eigenvalue weighted by Crippen LogP contribution is 2.35. The van der Waals surface area contributed by atoms with Crippen molar-refractivity contribution in [3.05, 3.63) is 48.0 Å². The van der Waals surface area contributed by atoms with Crippen molar-refractivity contribution in [2.75, 3.05) is 30.4 Å². The molecule has 1 atom stereocenters. The van der Waals surface area contributed by atoms with Crippen LogP contribution >= 0.6 is 0 Å². The summed E-state index contributed by atoms with van der Waals surface area (Å²) < 4.78 is 32.4. The third-order valence-corrected chi connectivity index (χ3v) is 7.63. The summed E-state index contributed by atoms with van der Waals surface area (Å²) >= 11 is 0. The Morgan fingerprint density at radius 1 is 1.06 bits per heavy atom. The van der Waals surface area contributed by atoms with Crippen LogP contribution in [0, 0.1) is 0 Å². The number of nitrogens with zero attached hydrogens (tertiary/aromatic N) is 2. The molecule has 4 rings (SSSR count). The van der Waals surface area contributed by atoms with Crippen molar-refractivity contribution in [2.45, 2.75) is 37.1 Å². The van der Waals surface area contributed by atoms with Gasteiger partial charge in [-0.05, 0) is 60.9 Å². The quantitative estimate of drug-likeness (QED) is 0.766. The van der Waals surface area contributed by atoms with E-state index in [9.17, 15) is 18.0 Å². The maximum absolute atomic E-state index is 13.0. The van der Waals surface area contributed by atoms with E-state index in [0.717, 1.165) is 12.8 Å². The molecular formula is C22H25N3O5S. The Labute approximate surface area is 181 Å². The third-order valence-electron chi connectivity index (χ3n) is 5.74. The Morgan fingerprint density at radius 3 is 2.35 bits per heavy atom. The largest absolute Gasteiger partial charge is 0.497 e. The number of methoxy groups -OCH3 is 1. The molecule has 0 saturated carbocycles. The van der Waals surface area contributed by atoms with Gasteiger partial charge < -0.3 is 10.1 Å². The topological polar surface area (TPSA) is 96.0 Å². The Hall–Kier alpha value is -2.91. The molecule has 0 bridgehead atoms. The first kappa shape index (κ1) is 21.3. The molecule has 31 heavy (non-hydrogen) atoms. The van der Waals surface area contributed by atoms with Crippen LogP contribution < -0.4 is 15.0 Å². The van der Waals surface area contributed by atoms with E-state index in [0.29, 0.717) is 35.8 Å². The summed E-state index contributed by atoms with van der Waals surface area (Å²) in [6.07, 6.45) is 1.96. The van der Waals surface area contributed by atoms with Gasteiger partial charge in [0.15, 0.2) is 0 Å². The lowest BCUT2D eigenvalue weighted by Gasteiger charge is -2.23. The molecule has 1 N–H and O–H groups in total. The first-order chi connectivity index (χ1) is 14.8. The second kappa shape index (κ2) is 8.32. The molecule has 2 heterocycles. The number of sulfonamides is 1. The minimum absolute atomic E-state index is 0.202. The van der Waals surface area contributed by atoms with Crippen LogP contribution in [0.15, 0.2) is 47.4 Å². The number of anilines is 2. The van der Waals surface area contributed by atoms with E-state index in [1.807, 2.05) is 0 Å². The van der Waals surface area contributed by atoms with Gasteiger partial charge in [0.2, 0.25) is 21.8 Å². The summed E-state index contributed by atoms with van der Waals surface area (Å²) in [5.74, 6) is 0.0627. The Kier molecular flexibility index (Phi) is 5.72. The lowest BCUT2D eigenvalue weighted by Crippen LogP contribution is -2.44. The van der Waals surface area contributed by atoms with Crippen molar-refractivity contribution in [3.63, 3.8) is 0 Å². The second-order valence-corrected chi connectivity index (χ2v) is 9.67. The van der Waals surface area contributed by atoms with Crippen LogP contribution in [0.5, 0.6) is 5.75 Å². The Bertz CT molecular complexity index is 1110. The van der Waals surface area contributed by atoms with E-state index in [2.05, 4.69) is 5.32 Å². The number of fused-ring (bicyclic) bond motifs is 1. The summed E-state index contributed by atoms with van der Waals surface area (Å²) in [6.45, 7) is 2.44. The van der Waals surface area contributed by atoms with Crippen molar-refractivity contribution < 1.29 is 22.7 Å². The lowest BCUT2D eigenvalue weighted by atomic mass is 10.1. The number of ether oxygens (including phenoxy) is 1. The number of hydrogen-bond acceptors (Lipinski definition) is 5. The van der Waals surface area contributed by atoms with Gasteiger partial charge in [-0.2, -0.15) is 4.31 Å². The number of rotatable bonds is 5. The normalized spacial score (nSPS) is 18.6. The predicted octanol–water partition coefficient (Wildman–Crippen LogP) is 2.40. The van der Waals surface area contributed by atoms with Crippen molar-refractivity contribution in [1.82, 2.24) is 4.31 Å². The van der Waals surface area contributed by atoms with E-state index in [1.165, 1.54) is 22.2 Å². The number of carbonyl (C=O) groups is 2. The molecule has 9 heteroatoms. The Morgan fingerprint density at radius 2 is 1.74 bits per heavy atom. The van der Waals surface area contributed by atoms with E-state index >= 15 is 0 Å². The molecule has 0 aromatic heterocycles. The summed E-state index contributed by atoms with van der Waals surface area (Å²) in [5.41, 5.74) is 1.83. The zero-order chi connectivity index (χ0) is 22.2. The van der Waals surface area contributed by atoms with Gasteiger partial charge in [-0.3, -0.25) is 14.5 Å². The monoisotopic (exact) mass is 443 g/mol. The number of nitrogens with one attached hydrogen (secondary N) is 1. The van der Waals surface area contributed by atoms with Crippen LogP contribution in [-0.2, 0) is 26.0 Å². The van der Waals surface area contributed by atoms with Gasteiger partial charge in [-0.15, -0.1) is 0 Å². The van der Waals surface area contributed by atoms with Gasteiger partial charge in [0, 0.05) is 37.8 Å². The fourth-order valence-electron chi connectivity index (χ4n) is 4.16. The van der Waals surface area contributed by atoms with Crippen molar-refractivity contribution >= 4 is 33.2 Å². The molecule has 2 aliphatic rings. The molecule has 164 valence electrons. The number of hydrogen-bond donors (Lipinski definition) is 1. The van der Waals surface area contributed by atoms with Crippen molar-refractivity contribution in [2.24, 2.45) is 0 Å². The molecule has 1 fully saturated rings. The maximum Gasteiger partial charge on any atom is 0.247 e. The smallest absolute Gasteiger partial charge is 0.247 e. The lowest BCUT2D eigenvalue weighted by molar-refractivity contribution is -0.122. The molecule has 2 amide bonds. The molecule has 2 aliphatic heterocycles. The molecule has 0 aliphatic carbocycles. The molecule has 2 aromatic rings. The molecular weight excluding hydrogens is 418 g/mol. The van der Waals surface area contributed by atoms with Crippen LogP contribution in [-0.4, -0.2) is 50.8 Å². The van der Waals surface area contributed by atoms with Crippen LogP contribution in [0.2, 0.25) is 0 Å². The summed E-state index contributed by atoms with van der Waals surface area (Å²) in [7, 11) is -2.01. The van der Waals surface area contributed by atoms with Gasteiger partial charge in [0.05, 0.1) is 12.0 Å². The van der Waals surface area contributed by atoms with Crippen LogP contribution in [0.3, 0.4) is 0 Å². The summed E-state index contributed by atoms with van der Waals surface area (Å²) in [6, 6.07) is 10.9. The fraction of sp³-hybridized carbons (Fsp3) is 0.364. The maximum atomic E-state index is 13.0. The molecule has 0 spiro atoms. The minimum atomic E-state index is -3.57. The number of benzene rings is 2. The van der Waals surface area contributed by atoms with Crippen molar-refractivity contribution in [3.8, 4) is 5.75 Å². The van der Waals surface area contributed by atoms with Crippen LogP contribution in [0.25, 0.3) is 0 Å². The SMILES string of the molecule is COc1ccc(NC(=O)[C@@H]2Cc3cc(S(=O)(=O)N4CCCC4)ccc3N2C(C)=O)cc1. The van der Waals surface area contributed by atoms with Gasteiger partial charge in [-0.1, -0.05) is 0 Å². The molecule has 0 radical (unpaired) electrons. The zero-order valence-electron chi connectivity index (χ0n) is 17.5. The van der Waals surface area contributed by atoms with Crippen LogP contribution in [0.1, 0.15) is 25.3 Å². The highest BCUT2D eigenvalue weighted by molar-refractivity contribution is 7.89. The van der Waals surface area contributed by atoms with E-state index in [4.69, 9.17) is 4.74 Å².